The van der Waals surface area contributed by atoms with E-state index in [0.717, 1.165) is 6.54 Å². The van der Waals surface area contributed by atoms with Crippen molar-refractivity contribution in [1.29, 1.82) is 0 Å². The van der Waals surface area contributed by atoms with Gasteiger partial charge in [-0.25, -0.2) is 0 Å². The van der Waals surface area contributed by atoms with Gasteiger partial charge in [-0.2, -0.15) is 0 Å². The molecule has 1 unspecified atom stereocenters. The van der Waals surface area contributed by atoms with Crippen LogP contribution in [0.3, 0.4) is 0 Å². The molecule has 0 fully saturated rings. The van der Waals surface area contributed by atoms with Gasteiger partial charge in [0.2, 0.25) is 0 Å². The first-order valence-corrected chi connectivity index (χ1v) is 5.42. The van der Waals surface area contributed by atoms with Crippen LogP contribution in [0.1, 0.15) is 26.3 Å². The normalized spacial score (nSPS) is 13.9. The third kappa shape index (κ3) is 4.02. The number of aliphatic hydroxyl groups is 1. The summed E-state index contributed by atoms with van der Waals surface area (Å²) in [7, 11) is 0. The van der Waals surface area contributed by atoms with Gasteiger partial charge in [0.25, 0.3) is 0 Å². The second-order valence-corrected chi connectivity index (χ2v) is 4.97. The summed E-state index contributed by atoms with van der Waals surface area (Å²) in [6.07, 6.45) is 0. The fourth-order valence-electron chi connectivity index (χ4n) is 1.48. The molecule has 2 heteroatoms. The van der Waals surface area contributed by atoms with E-state index >= 15 is 0 Å². The fraction of sp³-hybridized carbons (Fsp3) is 0.538. The molecule has 84 valence electrons. The van der Waals surface area contributed by atoms with Crippen LogP contribution < -0.4 is 5.32 Å². The van der Waals surface area contributed by atoms with Crippen molar-refractivity contribution in [3.05, 3.63) is 35.9 Å². The van der Waals surface area contributed by atoms with Gasteiger partial charge in [-0.05, 0) is 11.0 Å². The molecule has 0 bridgehead atoms. The Balaban J connectivity index is 2.49. The second-order valence-electron chi connectivity index (χ2n) is 4.97. The van der Waals surface area contributed by atoms with Gasteiger partial charge in [-0.3, -0.25) is 0 Å². The molecule has 15 heavy (non-hydrogen) atoms. The molecule has 1 atom stereocenters. The molecule has 1 aromatic rings. The van der Waals surface area contributed by atoms with Crippen LogP contribution in [0.5, 0.6) is 0 Å². The Bertz CT molecular complexity index is 276. The molecule has 0 aliphatic rings. The largest absolute Gasteiger partial charge is 0.395 e. The molecule has 1 rings (SSSR count). The Morgan fingerprint density at radius 3 is 2.27 bits per heavy atom. The minimum atomic E-state index is 0.0868. The maximum Gasteiger partial charge on any atom is 0.0589 e. The van der Waals surface area contributed by atoms with E-state index in [0.29, 0.717) is 0 Å². The highest BCUT2D eigenvalue weighted by molar-refractivity contribution is 5.14. The average molecular weight is 207 g/mol. The number of rotatable bonds is 4. The summed E-state index contributed by atoms with van der Waals surface area (Å²) in [5.41, 5.74) is 1.34. The molecule has 0 aromatic heterocycles. The molecule has 1 aromatic carbocycles. The van der Waals surface area contributed by atoms with Crippen LogP contribution in [0.15, 0.2) is 30.3 Å². The molecule has 0 saturated carbocycles. The first-order chi connectivity index (χ1) is 7.04. The Morgan fingerprint density at radius 1 is 1.20 bits per heavy atom. The van der Waals surface area contributed by atoms with Crippen molar-refractivity contribution in [3.63, 3.8) is 0 Å². The van der Waals surface area contributed by atoms with E-state index in [-0.39, 0.29) is 18.1 Å². The van der Waals surface area contributed by atoms with Crippen LogP contribution in [0.4, 0.5) is 0 Å². The van der Waals surface area contributed by atoms with Gasteiger partial charge in [0.1, 0.15) is 0 Å². The van der Waals surface area contributed by atoms with E-state index in [4.69, 9.17) is 0 Å². The van der Waals surface area contributed by atoms with Crippen molar-refractivity contribution in [2.75, 3.05) is 6.61 Å². The molecule has 0 amide bonds. The molecule has 0 radical (unpaired) electrons. The maximum atomic E-state index is 9.28. The van der Waals surface area contributed by atoms with Gasteiger partial charge >= 0.3 is 0 Å². The van der Waals surface area contributed by atoms with Crippen molar-refractivity contribution >= 4 is 0 Å². The summed E-state index contributed by atoms with van der Waals surface area (Å²) in [5.74, 6) is 0. The highest BCUT2D eigenvalue weighted by Crippen LogP contribution is 2.19. The van der Waals surface area contributed by atoms with E-state index in [2.05, 4.69) is 38.2 Å². The molecule has 0 aliphatic heterocycles. The van der Waals surface area contributed by atoms with Gasteiger partial charge in [-0.1, -0.05) is 51.1 Å². The van der Waals surface area contributed by atoms with Crippen molar-refractivity contribution < 1.29 is 5.11 Å². The van der Waals surface area contributed by atoms with Gasteiger partial charge in [0.15, 0.2) is 0 Å². The molecular weight excluding hydrogens is 186 g/mol. The third-order valence-electron chi connectivity index (χ3n) is 2.62. The summed E-state index contributed by atoms with van der Waals surface area (Å²) in [4.78, 5) is 0. The number of nitrogens with one attached hydrogen (secondary N) is 1. The summed E-state index contributed by atoms with van der Waals surface area (Å²) in [6, 6.07) is 10.4. The number of benzene rings is 1. The lowest BCUT2D eigenvalue weighted by molar-refractivity contribution is 0.158. The Kier molecular flexibility index (Phi) is 4.30. The Morgan fingerprint density at radius 2 is 1.80 bits per heavy atom. The van der Waals surface area contributed by atoms with Crippen molar-refractivity contribution in [2.45, 2.75) is 33.4 Å². The highest BCUT2D eigenvalue weighted by Gasteiger charge is 2.22. The van der Waals surface area contributed by atoms with Crippen LogP contribution in [0.2, 0.25) is 0 Å². The minimum Gasteiger partial charge on any atom is -0.395 e. The lowest BCUT2D eigenvalue weighted by atomic mass is 9.87. The first kappa shape index (κ1) is 12.2. The zero-order valence-electron chi connectivity index (χ0n) is 9.83. The van der Waals surface area contributed by atoms with Gasteiger partial charge < -0.3 is 10.4 Å². The van der Waals surface area contributed by atoms with Gasteiger partial charge in [0.05, 0.1) is 6.61 Å². The van der Waals surface area contributed by atoms with Gasteiger partial charge in [0, 0.05) is 12.6 Å². The molecule has 0 heterocycles. The van der Waals surface area contributed by atoms with Crippen LogP contribution in [-0.2, 0) is 6.54 Å². The number of hydrogen-bond donors (Lipinski definition) is 2. The summed E-state index contributed by atoms with van der Waals surface area (Å²) < 4.78 is 0. The summed E-state index contributed by atoms with van der Waals surface area (Å²) in [5, 5.41) is 12.7. The molecule has 2 nitrogen and oxygen atoms in total. The predicted molar refractivity (Wildman–Crippen MR) is 63.6 cm³/mol. The van der Waals surface area contributed by atoms with Crippen molar-refractivity contribution in [2.24, 2.45) is 5.41 Å². The van der Waals surface area contributed by atoms with E-state index in [9.17, 15) is 5.11 Å². The first-order valence-electron chi connectivity index (χ1n) is 5.42. The van der Waals surface area contributed by atoms with Gasteiger partial charge in [-0.15, -0.1) is 0 Å². The molecule has 2 N–H and O–H groups in total. The summed E-state index contributed by atoms with van der Waals surface area (Å²) >= 11 is 0. The van der Waals surface area contributed by atoms with Crippen LogP contribution in [0.25, 0.3) is 0 Å². The molecular formula is C13H21NO. The van der Waals surface area contributed by atoms with E-state index in [1.807, 2.05) is 18.2 Å². The number of hydrogen-bond acceptors (Lipinski definition) is 2. The van der Waals surface area contributed by atoms with Crippen LogP contribution in [-0.4, -0.2) is 17.8 Å². The minimum absolute atomic E-state index is 0.0868. The zero-order chi connectivity index (χ0) is 11.3. The Labute approximate surface area is 92.3 Å². The lowest BCUT2D eigenvalue weighted by Crippen LogP contribution is -2.42. The maximum absolute atomic E-state index is 9.28. The van der Waals surface area contributed by atoms with Crippen LogP contribution in [0, 0.1) is 5.41 Å². The zero-order valence-corrected chi connectivity index (χ0v) is 9.83. The quantitative estimate of drug-likeness (QED) is 0.793. The van der Waals surface area contributed by atoms with Crippen molar-refractivity contribution in [3.8, 4) is 0 Å². The average Bonchev–Trinajstić information content (AvgIpc) is 2.18. The smallest absolute Gasteiger partial charge is 0.0589 e. The molecule has 0 saturated heterocycles. The standard InChI is InChI=1S/C13H21NO/c1-13(2,3)12(10-15)14-9-11-7-5-4-6-8-11/h4-8,12,14-15H,9-10H2,1-3H3. The van der Waals surface area contributed by atoms with E-state index in [1.165, 1.54) is 5.56 Å². The topological polar surface area (TPSA) is 32.3 Å². The molecule has 0 aliphatic carbocycles. The van der Waals surface area contributed by atoms with Crippen molar-refractivity contribution in [1.82, 2.24) is 5.32 Å². The SMILES string of the molecule is CC(C)(C)C(CO)NCc1ccccc1. The lowest BCUT2D eigenvalue weighted by Gasteiger charge is -2.30. The Hall–Kier alpha value is -0.860. The highest BCUT2D eigenvalue weighted by atomic mass is 16.3. The monoisotopic (exact) mass is 207 g/mol. The third-order valence-corrected chi connectivity index (χ3v) is 2.62. The van der Waals surface area contributed by atoms with E-state index in [1.54, 1.807) is 0 Å². The fourth-order valence-corrected chi connectivity index (χ4v) is 1.48. The number of aliphatic hydroxyl groups excluding tert-OH is 1. The molecule has 0 spiro atoms. The second kappa shape index (κ2) is 5.29. The van der Waals surface area contributed by atoms with E-state index < -0.39 is 0 Å². The van der Waals surface area contributed by atoms with Crippen LogP contribution >= 0.6 is 0 Å². The summed E-state index contributed by atoms with van der Waals surface area (Å²) in [6.45, 7) is 7.38. The predicted octanol–water partition coefficient (Wildman–Crippen LogP) is 2.18.